The number of hydrogen-bond donors (Lipinski definition) is 0. The molecule has 0 atom stereocenters. The maximum atomic E-state index is 13.5. The zero-order valence-corrected chi connectivity index (χ0v) is 10.1. The summed E-state index contributed by atoms with van der Waals surface area (Å²) >= 11 is 0. The quantitative estimate of drug-likeness (QED) is 0.355. The number of esters is 2. The van der Waals surface area contributed by atoms with E-state index in [0.29, 0.717) is 27.3 Å². The summed E-state index contributed by atoms with van der Waals surface area (Å²) in [5.41, 5.74) is 0.678. The Morgan fingerprint density at radius 3 is 2.50 bits per heavy atom. The first kappa shape index (κ1) is 11.1. The van der Waals surface area contributed by atoms with Crippen molar-refractivity contribution in [2.24, 2.45) is 0 Å². The molecule has 96 valence electrons. The van der Waals surface area contributed by atoms with Gasteiger partial charge in [0.2, 0.25) is 0 Å². The molecular weight excluding hydrogens is 259 g/mol. The summed E-state index contributed by atoms with van der Waals surface area (Å²) in [6, 6.07) is 11.1. The van der Waals surface area contributed by atoms with Gasteiger partial charge in [-0.2, -0.15) is 0 Å². The van der Waals surface area contributed by atoms with E-state index in [2.05, 4.69) is 0 Å². The van der Waals surface area contributed by atoms with Gasteiger partial charge in [0.15, 0.2) is 0 Å². The van der Waals surface area contributed by atoms with Crippen LogP contribution in [0.5, 0.6) is 0 Å². The normalized spacial score (nSPS) is 13.8. The van der Waals surface area contributed by atoms with Gasteiger partial charge in [-0.15, -0.1) is 0 Å². The second-order valence-corrected chi connectivity index (χ2v) is 4.69. The number of cyclic esters (lactones) is 2. The minimum absolute atomic E-state index is 0.336. The Hall–Kier alpha value is -2.75. The summed E-state index contributed by atoms with van der Waals surface area (Å²) in [7, 11) is 0. The molecule has 0 amide bonds. The molecule has 0 N–H and O–H groups in total. The van der Waals surface area contributed by atoms with E-state index in [1.54, 1.807) is 30.3 Å². The van der Waals surface area contributed by atoms with E-state index in [-0.39, 0.29) is 5.82 Å². The molecule has 0 radical (unpaired) electrons. The van der Waals surface area contributed by atoms with Crippen molar-refractivity contribution in [3.63, 3.8) is 0 Å². The second kappa shape index (κ2) is 3.63. The third-order valence-electron chi connectivity index (χ3n) is 3.56. The van der Waals surface area contributed by atoms with Crippen molar-refractivity contribution < 1.29 is 18.7 Å². The van der Waals surface area contributed by atoms with Crippen LogP contribution in [-0.2, 0) is 4.74 Å². The average Bonchev–Trinajstić information content (AvgIpc) is 2.44. The van der Waals surface area contributed by atoms with Gasteiger partial charge in [-0.05, 0) is 40.4 Å². The number of carbonyl (C=O) groups is 2. The van der Waals surface area contributed by atoms with Crippen molar-refractivity contribution in [2.75, 3.05) is 0 Å². The Bertz CT molecular complexity index is 928. The summed E-state index contributed by atoms with van der Waals surface area (Å²) < 4.78 is 18.2. The molecule has 0 bridgehead atoms. The minimum atomic E-state index is -0.663. The van der Waals surface area contributed by atoms with E-state index in [1.165, 1.54) is 12.1 Å². The first-order valence-electron chi connectivity index (χ1n) is 6.06. The fourth-order valence-corrected chi connectivity index (χ4v) is 2.71. The van der Waals surface area contributed by atoms with Gasteiger partial charge in [-0.25, -0.2) is 14.0 Å². The molecule has 3 aromatic rings. The summed E-state index contributed by atoms with van der Waals surface area (Å²) in [6.45, 7) is 0. The molecule has 0 spiro atoms. The van der Waals surface area contributed by atoms with E-state index < -0.39 is 11.9 Å². The monoisotopic (exact) mass is 266 g/mol. The molecule has 0 unspecified atom stereocenters. The number of carbonyl (C=O) groups excluding carboxylic acids is 2. The first-order valence-corrected chi connectivity index (χ1v) is 6.06. The zero-order valence-electron chi connectivity index (χ0n) is 10.1. The lowest BCUT2D eigenvalue weighted by atomic mass is 9.92. The van der Waals surface area contributed by atoms with Crippen molar-refractivity contribution in [2.45, 2.75) is 0 Å². The third kappa shape index (κ3) is 1.33. The Balaban J connectivity index is 2.31. The van der Waals surface area contributed by atoms with Crippen LogP contribution in [0.25, 0.3) is 21.5 Å². The number of ether oxygens (including phenoxy) is 1. The molecule has 1 heterocycles. The molecule has 0 saturated carbocycles. The molecule has 3 nitrogen and oxygen atoms in total. The molecule has 20 heavy (non-hydrogen) atoms. The van der Waals surface area contributed by atoms with Crippen LogP contribution in [0.3, 0.4) is 0 Å². The lowest BCUT2D eigenvalue weighted by molar-refractivity contribution is 0.0391. The maximum Gasteiger partial charge on any atom is 0.346 e. The highest BCUT2D eigenvalue weighted by molar-refractivity contribution is 6.25. The van der Waals surface area contributed by atoms with Gasteiger partial charge < -0.3 is 4.74 Å². The Labute approximate surface area is 112 Å². The van der Waals surface area contributed by atoms with Gasteiger partial charge in [0.05, 0.1) is 11.1 Å². The van der Waals surface area contributed by atoms with Crippen LogP contribution in [0.15, 0.2) is 42.5 Å². The smallest absolute Gasteiger partial charge is 0.346 e. The van der Waals surface area contributed by atoms with Crippen LogP contribution in [-0.4, -0.2) is 11.9 Å². The van der Waals surface area contributed by atoms with Crippen molar-refractivity contribution in [3.8, 4) is 0 Å². The third-order valence-corrected chi connectivity index (χ3v) is 3.56. The first-order chi connectivity index (χ1) is 9.65. The van der Waals surface area contributed by atoms with Gasteiger partial charge in [0.25, 0.3) is 0 Å². The largest absolute Gasteiger partial charge is 0.386 e. The SMILES string of the molecule is O=C1OC(=O)c2cc3ccc(F)cc3c3cccc1c23. The van der Waals surface area contributed by atoms with Gasteiger partial charge >= 0.3 is 11.9 Å². The number of hydrogen-bond acceptors (Lipinski definition) is 3. The summed E-state index contributed by atoms with van der Waals surface area (Å²) in [5, 5.41) is 2.62. The fourth-order valence-electron chi connectivity index (χ4n) is 2.71. The van der Waals surface area contributed by atoms with Crippen LogP contribution in [0.4, 0.5) is 4.39 Å². The van der Waals surface area contributed by atoms with Crippen LogP contribution in [0.1, 0.15) is 20.7 Å². The van der Waals surface area contributed by atoms with E-state index in [1.807, 2.05) is 0 Å². The van der Waals surface area contributed by atoms with Crippen molar-refractivity contribution in [3.05, 3.63) is 59.4 Å². The molecule has 4 rings (SSSR count). The van der Waals surface area contributed by atoms with Crippen LogP contribution < -0.4 is 0 Å². The predicted octanol–water partition coefficient (Wildman–Crippen LogP) is 3.44. The highest BCUT2D eigenvalue weighted by Gasteiger charge is 2.27. The predicted molar refractivity (Wildman–Crippen MR) is 71.2 cm³/mol. The van der Waals surface area contributed by atoms with Crippen molar-refractivity contribution >= 4 is 33.5 Å². The van der Waals surface area contributed by atoms with E-state index in [9.17, 15) is 14.0 Å². The number of rotatable bonds is 0. The standard InChI is InChI=1S/C16H7FO3/c17-9-5-4-8-6-13-14-10(12(8)7-9)2-1-3-11(14)15(18)20-16(13)19/h1-7H. The molecule has 0 aliphatic carbocycles. The van der Waals surface area contributed by atoms with Crippen molar-refractivity contribution in [1.29, 1.82) is 0 Å². The zero-order chi connectivity index (χ0) is 13.9. The Kier molecular flexibility index (Phi) is 2.02. The van der Waals surface area contributed by atoms with Gasteiger partial charge in [0, 0.05) is 5.39 Å². The topological polar surface area (TPSA) is 43.4 Å². The number of benzene rings is 3. The summed E-state index contributed by atoms with van der Waals surface area (Å²) in [6.07, 6.45) is 0. The van der Waals surface area contributed by atoms with Crippen LogP contribution >= 0.6 is 0 Å². The molecule has 3 aromatic carbocycles. The van der Waals surface area contributed by atoms with Gasteiger partial charge in [-0.1, -0.05) is 18.2 Å². The maximum absolute atomic E-state index is 13.5. The molecule has 4 heteroatoms. The molecule has 0 aromatic heterocycles. The lowest BCUT2D eigenvalue weighted by Gasteiger charge is -2.16. The van der Waals surface area contributed by atoms with Crippen molar-refractivity contribution in [1.82, 2.24) is 0 Å². The Morgan fingerprint density at radius 2 is 1.65 bits per heavy atom. The Morgan fingerprint density at radius 1 is 0.850 bits per heavy atom. The summed E-state index contributed by atoms with van der Waals surface area (Å²) in [5.74, 6) is -1.68. The highest BCUT2D eigenvalue weighted by Crippen LogP contribution is 2.34. The van der Waals surface area contributed by atoms with Crippen LogP contribution in [0.2, 0.25) is 0 Å². The fraction of sp³-hybridized carbons (Fsp3) is 0. The molecular formula is C16H7FO3. The molecule has 0 saturated heterocycles. The van der Waals surface area contributed by atoms with Gasteiger partial charge in [-0.3, -0.25) is 0 Å². The minimum Gasteiger partial charge on any atom is -0.386 e. The van der Waals surface area contributed by atoms with Crippen LogP contribution in [0, 0.1) is 5.82 Å². The molecule has 0 fully saturated rings. The van der Waals surface area contributed by atoms with E-state index >= 15 is 0 Å². The molecule has 1 aliphatic rings. The average molecular weight is 266 g/mol. The van der Waals surface area contributed by atoms with Gasteiger partial charge in [0.1, 0.15) is 5.82 Å². The molecule has 1 aliphatic heterocycles. The lowest BCUT2D eigenvalue weighted by Crippen LogP contribution is -2.19. The highest BCUT2D eigenvalue weighted by atomic mass is 19.1. The summed E-state index contributed by atoms with van der Waals surface area (Å²) in [4.78, 5) is 23.6. The van der Waals surface area contributed by atoms with E-state index in [0.717, 1.165) is 5.39 Å². The number of halogens is 1. The number of fused-ring (bicyclic) bond motifs is 2. The van der Waals surface area contributed by atoms with E-state index in [4.69, 9.17) is 4.74 Å². The second-order valence-electron chi connectivity index (χ2n) is 4.69.